The lowest BCUT2D eigenvalue weighted by molar-refractivity contribution is 0.0168. The number of ether oxygens (including phenoxy) is 1. The van der Waals surface area contributed by atoms with Gasteiger partial charge in [0.1, 0.15) is 0 Å². The minimum Gasteiger partial charge on any atom is -0.377 e. The van der Waals surface area contributed by atoms with Crippen molar-refractivity contribution < 1.29 is 4.74 Å². The lowest BCUT2D eigenvalue weighted by Crippen LogP contribution is -2.31. The van der Waals surface area contributed by atoms with E-state index in [0.717, 1.165) is 25.1 Å². The Hall–Kier alpha value is -1.08. The minimum atomic E-state index is 0.330. The second kappa shape index (κ2) is 6.75. The number of nitrogens with one attached hydrogen (secondary N) is 1. The summed E-state index contributed by atoms with van der Waals surface area (Å²) < 4.78 is 5.64. The molecule has 96 valence electrons. The van der Waals surface area contributed by atoms with E-state index < -0.39 is 0 Å². The summed E-state index contributed by atoms with van der Waals surface area (Å²) in [7, 11) is 0. The summed E-state index contributed by atoms with van der Waals surface area (Å²) in [6.07, 6.45) is 3.90. The number of nitriles is 1. The molecule has 3 nitrogen and oxygen atoms in total. The van der Waals surface area contributed by atoms with Gasteiger partial charge in [-0.25, -0.2) is 0 Å². The molecule has 0 saturated carbocycles. The van der Waals surface area contributed by atoms with Gasteiger partial charge in [-0.2, -0.15) is 5.26 Å². The molecule has 0 spiro atoms. The van der Waals surface area contributed by atoms with Gasteiger partial charge in [0, 0.05) is 24.7 Å². The number of rotatable bonds is 4. The predicted molar refractivity (Wildman–Crippen MR) is 71.5 cm³/mol. The number of halogens is 1. The van der Waals surface area contributed by atoms with Crippen LogP contribution in [0.3, 0.4) is 0 Å². The zero-order chi connectivity index (χ0) is 12.8. The first kappa shape index (κ1) is 13.4. The molecule has 1 aliphatic rings. The van der Waals surface area contributed by atoms with Crippen molar-refractivity contribution in [3.05, 3.63) is 34.3 Å². The molecule has 0 bridgehead atoms. The molecular weight excluding hydrogens is 248 g/mol. The molecule has 1 aromatic carbocycles. The van der Waals surface area contributed by atoms with Crippen molar-refractivity contribution in [3.8, 4) is 6.07 Å². The second-order valence-electron chi connectivity index (χ2n) is 4.54. The summed E-state index contributed by atoms with van der Waals surface area (Å²) >= 11 is 6.11. The first-order chi connectivity index (χ1) is 8.79. The molecule has 1 N–H and O–H groups in total. The maximum atomic E-state index is 8.76. The summed E-state index contributed by atoms with van der Waals surface area (Å²) in [6.45, 7) is 2.45. The Bertz CT molecular complexity index is 436. The molecule has 0 aromatic heterocycles. The van der Waals surface area contributed by atoms with E-state index in [1.54, 1.807) is 12.1 Å². The largest absolute Gasteiger partial charge is 0.377 e. The third-order valence-corrected chi connectivity index (χ3v) is 3.50. The highest BCUT2D eigenvalue weighted by molar-refractivity contribution is 6.31. The van der Waals surface area contributed by atoms with Crippen LogP contribution in [0.4, 0.5) is 0 Å². The van der Waals surface area contributed by atoms with Gasteiger partial charge in [-0.05, 0) is 37.0 Å². The second-order valence-corrected chi connectivity index (χ2v) is 4.94. The fraction of sp³-hybridized carbons (Fsp3) is 0.500. The summed E-state index contributed by atoms with van der Waals surface area (Å²) in [6, 6.07) is 7.47. The molecule has 1 fully saturated rings. The van der Waals surface area contributed by atoms with Gasteiger partial charge in [0.15, 0.2) is 0 Å². The molecule has 1 aromatic rings. The lowest BCUT2D eigenvalue weighted by Gasteiger charge is -2.22. The molecular formula is C14H17ClN2O. The van der Waals surface area contributed by atoms with E-state index in [-0.39, 0.29) is 0 Å². The van der Waals surface area contributed by atoms with Gasteiger partial charge in [-0.3, -0.25) is 0 Å². The minimum absolute atomic E-state index is 0.330. The number of benzene rings is 1. The molecule has 0 radical (unpaired) electrons. The molecule has 0 aliphatic carbocycles. The van der Waals surface area contributed by atoms with Gasteiger partial charge < -0.3 is 10.1 Å². The first-order valence-electron chi connectivity index (χ1n) is 6.30. The topological polar surface area (TPSA) is 45.0 Å². The van der Waals surface area contributed by atoms with Crippen molar-refractivity contribution in [3.63, 3.8) is 0 Å². The quantitative estimate of drug-likeness (QED) is 0.910. The third-order valence-electron chi connectivity index (χ3n) is 3.14. The fourth-order valence-electron chi connectivity index (χ4n) is 2.10. The summed E-state index contributed by atoms with van der Waals surface area (Å²) in [4.78, 5) is 0. The highest BCUT2D eigenvalue weighted by Gasteiger charge is 2.13. The van der Waals surface area contributed by atoms with Gasteiger partial charge in [-0.1, -0.05) is 17.7 Å². The maximum absolute atomic E-state index is 8.76. The Morgan fingerprint density at radius 2 is 2.33 bits per heavy atom. The Balaban J connectivity index is 1.81. The van der Waals surface area contributed by atoms with Gasteiger partial charge >= 0.3 is 0 Å². The van der Waals surface area contributed by atoms with Crippen LogP contribution in [-0.4, -0.2) is 19.3 Å². The number of hydrogen-bond donors (Lipinski definition) is 1. The predicted octanol–water partition coefficient (Wildman–Crippen LogP) is 2.87. The van der Waals surface area contributed by atoms with Crippen LogP contribution in [0, 0.1) is 11.3 Å². The van der Waals surface area contributed by atoms with Crippen LogP contribution in [0.1, 0.15) is 30.4 Å². The highest BCUT2D eigenvalue weighted by atomic mass is 35.5. The SMILES string of the molecule is N#Cc1ccc(CNCC2CCCCO2)c(Cl)c1. The van der Waals surface area contributed by atoms with Crippen LogP contribution >= 0.6 is 11.6 Å². The summed E-state index contributed by atoms with van der Waals surface area (Å²) in [5.74, 6) is 0. The van der Waals surface area contributed by atoms with Gasteiger partial charge in [0.2, 0.25) is 0 Å². The van der Waals surface area contributed by atoms with Crippen LogP contribution in [0.2, 0.25) is 5.02 Å². The molecule has 4 heteroatoms. The molecule has 1 atom stereocenters. The van der Waals surface area contributed by atoms with E-state index >= 15 is 0 Å². The van der Waals surface area contributed by atoms with Crippen LogP contribution < -0.4 is 5.32 Å². The van der Waals surface area contributed by atoms with E-state index in [9.17, 15) is 0 Å². The zero-order valence-corrected chi connectivity index (χ0v) is 11.0. The molecule has 0 amide bonds. The Labute approximate surface area is 113 Å². The Kier molecular flexibility index (Phi) is 5.00. The summed E-state index contributed by atoms with van der Waals surface area (Å²) in [5.41, 5.74) is 1.62. The average Bonchev–Trinajstić information content (AvgIpc) is 2.42. The van der Waals surface area contributed by atoms with Crippen molar-refractivity contribution in [2.24, 2.45) is 0 Å². The number of hydrogen-bond acceptors (Lipinski definition) is 3. The first-order valence-corrected chi connectivity index (χ1v) is 6.68. The van der Waals surface area contributed by atoms with E-state index in [1.807, 2.05) is 6.07 Å². The van der Waals surface area contributed by atoms with E-state index in [0.29, 0.717) is 23.2 Å². The van der Waals surface area contributed by atoms with Crippen molar-refractivity contribution in [1.82, 2.24) is 5.32 Å². The Morgan fingerprint density at radius 3 is 3.00 bits per heavy atom. The third kappa shape index (κ3) is 3.71. The van der Waals surface area contributed by atoms with E-state index in [2.05, 4.69) is 11.4 Å². The van der Waals surface area contributed by atoms with Crippen LogP contribution in [-0.2, 0) is 11.3 Å². The van der Waals surface area contributed by atoms with E-state index in [4.69, 9.17) is 21.6 Å². The molecule has 2 rings (SSSR count). The highest BCUT2D eigenvalue weighted by Crippen LogP contribution is 2.18. The Morgan fingerprint density at radius 1 is 1.44 bits per heavy atom. The van der Waals surface area contributed by atoms with Crippen molar-refractivity contribution in [1.29, 1.82) is 5.26 Å². The van der Waals surface area contributed by atoms with Crippen LogP contribution in [0.15, 0.2) is 18.2 Å². The molecule has 1 saturated heterocycles. The van der Waals surface area contributed by atoms with Crippen LogP contribution in [0.25, 0.3) is 0 Å². The van der Waals surface area contributed by atoms with Gasteiger partial charge in [0.25, 0.3) is 0 Å². The monoisotopic (exact) mass is 264 g/mol. The summed E-state index contributed by atoms with van der Waals surface area (Å²) in [5, 5.41) is 12.8. The lowest BCUT2D eigenvalue weighted by atomic mass is 10.1. The molecule has 1 unspecified atom stereocenters. The van der Waals surface area contributed by atoms with Crippen LogP contribution in [0.5, 0.6) is 0 Å². The molecule has 1 aliphatic heterocycles. The zero-order valence-electron chi connectivity index (χ0n) is 10.3. The van der Waals surface area contributed by atoms with Crippen molar-refractivity contribution >= 4 is 11.6 Å². The number of nitrogens with zero attached hydrogens (tertiary/aromatic N) is 1. The normalized spacial score (nSPS) is 19.4. The standard InChI is InChI=1S/C14H17ClN2O/c15-14-7-11(8-16)4-5-12(14)9-17-10-13-3-1-2-6-18-13/h4-5,7,13,17H,1-3,6,9-10H2. The van der Waals surface area contributed by atoms with Crippen molar-refractivity contribution in [2.75, 3.05) is 13.2 Å². The van der Waals surface area contributed by atoms with E-state index in [1.165, 1.54) is 12.8 Å². The van der Waals surface area contributed by atoms with Gasteiger partial charge in [-0.15, -0.1) is 0 Å². The fourth-order valence-corrected chi connectivity index (χ4v) is 2.34. The average molecular weight is 265 g/mol. The molecule has 1 heterocycles. The van der Waals surface area contributed by atoms with Gasteiger partial charge in [0.05, 0.1) is 17.7 Å². The maximum Gasteiger partial charge on any atom is 0.0992 e. The van der Waals surface area contributed by atoms with Crippen molar-refractivity contribution in [2.45, 2.75) is 31.9 Å². The molecule has 18 heavy (non-hydrogen) atoms. The smallest absolute Gasteiger partial charge is 0.0992 e.